The molecule has 0 bridgehead atoms. The SMILES string of the molecule is CC(C)(C)OC(=O)N[C@@]1(C)CCN(c2cc(Cl)ncc2C=O)C1. The Kier molecular flexibility index (Phi) is 4.84. The molecule has 1 aromatic heterocycles. The third-order valence-electron chi connectivity index (χ3n) is 3.62. The lowest BCUT2D eigenvalue weighted by Crippen LogP contribution is -2.49. The standard InChI is InChI=1S/C16H22ClN3O3/c1-15(2,3)23-14(22)19-16(4)5-6-20(10-16)12-7-13(17)18-8-11(12)9-21/h7-9H,5-6,10H2,1-4H3,(H,19,22)/t16-/m0/s1. The van der Waals surface area contributed by atoms with Gasteiger partial charge in [-0.15, -0.1) is 0 Å². The number of pyridine rings is 1. The Bertz CT molecular complexity index is 615. The van der Waals surface area contributed by atoms with Crippen LogP contribution in [0.4, 0.5) is 10.5 Å². The molecule has 1 fully saturated rings. The molecule has 1 aromatic rings. The fourth-order valence-corrected chi connectivity index (χ4v) is 2.77. The quantitative estimate of drug-likeness (QED) is 0.677. The van der Waals surface area contributed by atoms with Gasteiger partial charge < -0.3 is 15.0 Å². The number of nitrogens with one attached hydrogen (secondary N) is 1. The fourth-order valence-electron chi connectivity index (χ4n) is 2.61. The van der Waals surface area contributed by atoms with Crippen molar-refractivity contribution in [1.29, 1.82) is 0 Å². The molecular weight excluding hydrogens is 318 g/mol. The molecule has 7 heteroatoms. The molecule has 2 heterocycles. The molecule has 1 atom stereocenters. The number of amides is 1. The summed E-state index contributed by atoms with van der Waals surface area (Å²) in [6.07, 6.45) is 2.52. The zero-order chi connectivity index (χ0) is 17.3. The minimum absolute atomic E-state index is 0.333. The molecule has 126 valence electrons. The molecule has 1 aliphatic heterocycles. The predicted molar refractivity (Wildman–Crippen MR) is 89.2 cm³/mol. The number of anilines is 1. The molecule has 23 heavy (non-hydrogen) atoms. The lowest BCUT2D eigenvalue weighted by atomic mass is 10.0. The second-order valence-corrected chi connectivity index (χ2v) is 7.43. The summed E-state index contributed by atoms with van der Waals surface area (Å²) in [5, 5.41) is 3.26. The minimum Gasteiger partial charge on any atom is -0.444 e. The summed E-state index contributed by atoms with van der Waals surface area (Å²) in [4.78, 5) is 29.1. The van der Waals surface area contributed by atoms with E-state index in [-0.39, 0.29) is 0 Å². The van der Waals surface area contributed by atoms with E-state index >= 15 is 0 Å². The highest BCUT2D eigenvalue weighted by Gasteiger charge is 2.37. The number of nitrogens with zero attached hydrogens (tertiary/aromatic N) is 2. The summed E-state index contributed by atoms with van der Waals surface area (Å²) in [5.74, 6) is 0. The van der Waals surface area contributed by atoms with Gasteiger partial charge in [0.05, 0.1) is 16.8 Å². The van der Waals surface area contributed by atoms with Gasteiger partial charge in [-0.05, 0) is 40.2 Å². The maximum atomic E-state index is 12.0. The number of hydrogen-bond acceptors (Lipinski definition) is 5. The van der Waals surface area contributed by atoms with Crippen molar-refractivity contribution < 1.29 is 14.3 Å². The Morgan fingerprint density at radius 2 is 2.22 bits per heavy atom. The van der Waals surface area contributed by atoms with Crippen LogP contribution in [0.5, 0.6) is 0 Å². The van der Waals surface area contributed by atoms with Crippen LogP contribution in [0.2, 0.25) is 5.15 Å². The number of carbonyl (C=O) groups is 2. The van der Waals surface area contributed by atoms with Crippen molar-refractivity contribution in [3.05, 3.63) is 23.0 Å². The highest BCUT2D eigenvalue weighted by atomic mass is 35.5. The second kappa shape index (κ2) is 6.35. The van der Waals surface area contributed by atoms with Gasteiger partial charge in [-0.1, -0.05) is 11.6 Å². The summed E-state index contributed by atoms with van der Waals surface area (Å²) < 4.78 is 5.31. The lowest BCUT2D eigenvalue weighted by molar-refractivity contribution is 0.0473. The third-order valence-corrected chi connectivity index (χ3v) is 3.83. The Morgan fingerprint density at radius 3 is 2.83 bits per heavy atom. The van der Waals surface area contributed by atoms with Gasteiger partial charge in [-0.25, -0.2) is 9.78 Å². The van der Waals surface area contributed by atoms with E-state index in [1.54, 1.807) is 6.07 Å². The molecule has 1 amide bonds. The first kappa shape index (κ1) is 17.5. The highest BCUT2D eigenvalue weighted by Crippen LogP contribution is 2.30. The number of halogens is 1. The van der Waals surface area contributed by atoms with Crippen molar-refractivity contribution in [2.75, 3.05) is 18.0 Å². The van der Waals surface area contributed by atoms with Crippen LogP contribution in [0, 0.1) is 0 Å². The van der Waals surface area contributed by atoms with Gasteiger partial charge in [-0.2, -0.15) is 0 Å². The minimum atomic E-state index is -0.540. The Labute approximate surface area is 141 Å². The maximum Gasteiger partial charge on any atom is 0.408 e. The van der Waals surface area contributed by atoms with Gasteiger partial charge in [0.15, 0.2) is 6.29 Å². The van der Waals surface area contributed by atoms with Crippen molar-refractivity contribution >= 4 is 29.7 Å². The van der Waals surface area contributed by atoms with E-state index in [2.05, 4.69) is 10.3 Å². The number of aldehydes is 1. The van der Waals surface area contributed by atoms with Crippen molar-refractivity contribution in [3.8, 4) is 0 Å². The van der Waals surface area contributed by atoms with Crippen LogP contribution in [0.3, 0.4) is 0 Å². The van der Waals surface area contributed by atoms with E-state index in [1.807, 2.05) is 32.6 Å². The van der Waals surface area contributed by atoms with Gasteiger partial charge in [0.1, 0.15) is 10.8 Å². The largest absolute Gasteiger partial charge is 0.444 e. The molecule has 0 unspecified atom stereocenters. The summed E-state index contributed by atoms with van der Waals surface area (Å²) in [5.41, 5.74) is 0.242. The van der Waals surface area contributed by atoms with E-state index in [4.69, 9.17) is 16.3 Å². The van der Waals surface area contributed by atoms with Gasteiger partial charge >= 0.3 is 6.09 Å². The molecule has 1 aliphatic rings. The lowest BCUT2D eigenvalue weighted by Gasteiger charge is -2.29. The molecule has 1 saturated heterocycles. The summed E-state index contributed by atoms with van der Waals surface area (Å²) >= 11 is 5.94. The first-order chi connectivity index (χ1) is 10.6. The maximum absolute atomic E-state index is 12.0. The molecule has 0 radical (unpaired) electrons. The summed E-state index contributed by atoms with van der Waals surface area (Å²) in [6, 6.07) is 1.67. The smallest absolute Gasteiger partial charge is 0.408 e. The predicted octanol–water partition coefficient (Wildman–Crippen LogP) is 3.04. The van der Waals surface area contributed by atoms with Crippen LogP contribution in [0.1, 0.15) is 44.5 Å². The van der Waals surface area contributed by atoms with Crippen LogP contribution >= 0.6 is 11.6 Å². The monoisotopic (exact) mass is 339 g/mol. The Balaban J connectivity index is 2.10. The molecule has 0 aliphatic carbocycles. The zero-order valence-corrected chi connectivity index (χ0v) is 14.6. The Morgan fingerprint density at radius 1 is 1.52 bits per heavy atom. The third kappa shape index (κ3) is 4.58. The number of hydrogen-bond donors (Lipinski definition) is 1. The van der Waals surface area contributed by atoms with Crippen LogP contribution in [0.15, 0.2) is 12.3 Å². The molecule has 0 saturated carbocycles. The van der Waals surface area contributed by atoms with Crippen LogP contribution in [0.25, 0.3) is 0 Å². The molecule has 1 N–H and O–H groups in total. The number of carbonyl (C=O) groups excluding carboxylic acids is 2. The first-order valence-corrected chi connectivity index (χ1v) is 7.86. The highest BCUT2D eigenvalue weighted by molar-refractivity contribution is 6.29. The van der Waals surface area contributed by atoms with E-state index in [0.29, 0.717) is 23.8 Å². The average molecular weight is 340 g/mol. The number of rotatable bonds is 3. The average Bonchev–Trinajstić information content (AvgIpc) is 2.78. The second-order valence-electron chi connectivity index (χ2n) is 7.04. The van der Waals surface area contributed by atoms with E-state index in [9.17, 15) is 9.59 Å². The number of aromatic nitrogens is 1. The molecule has 6 nitrogen and oxygen atoms in total. The first-order valence-electron chi connectivity index (χ1n) is 7.49. The van der Waals surface area contributed by atoms with Gasteiger partial charge in [0.2, 0.25) is 0 Å². The molecule has 0 spiro atoms. The summed E-state index contributed by atoms with van der Waals surface area (Å²) in [7, 11) is 0. The van der Waals surface area contributed by atoms with Crippen molar-refractivity contribution in [2.45, 2.75) is 45.3 Å². The fraction of sp³-hybridized carbons (Fsp3) is 0.562. The van der Waals surface area contributed by atoms with Gasteiger partial charge in [0, 0.05) is 19.3 Å². The van der Waals surface area contributed by atoms with Gasteiger partial charge in [-0.3, -0.25) is 4.79 Å². The topological polar surface area (TPSA) is 71.5 Å². The Hall–Kier alpha value is -1.82. The van der Waals surface area contributed by atoms with E-state index in [0.717, 1.165) is 18.4 Å². The number of alkyl carbamates (subject to hydrolysis) is 1. The van der Waals surface area contributed by atoms with E-state index < -0.39 is 17.2 Å². The molecular formula is C16H22ClN3O3. The number of ether oxygens (including phenoxy) is 1. The normalized spacial score (nSPS) is 21.2. The van der Waals surface area contributed by atoms with Gasteiger partial charge in [0.25, 0.3) is 0 Å². The molecule has 2 rings (SSSR count). The van der Waals surface area contributed by atoms with Crippen molar-refractivity contribution in [2.24, 2.45) is 0 Å². The van der Waals surface area contributed by atoms with E-state index in [1.165, 1.54) is 6.20 Å². The zero-order valence-electron chi connectivity index (χ0n) is 13.9. The van der Waals surface area contributed by atoms with Crippen molar-refractivity contribution in [1.82, 2.24) is 10.3 Å². The molecule has 0 aromatic carbocycles. The van der Waals surface area contributed by atoms with Crippen LogP contribution < -0.4 is 10.2 Å². The van der Waals surface area contributed by atoms with Crippen LogP contribution in [-0.4, -0.2) is 41.6 Å². The van der Waals surface area contributed by atoms with Crippen LogP contribution in [-0.2, 0) is 4.74 Å². The summed E-state index contributed by atoms with van der Waals surface area (Å²) in [6.45, 7) is 8.70. The van der Waals surface area contributed by atoms with Crippen molar-refractivity contribution in [3.63, 3.8) is 0 Å².